The molecule has 10 heteroatoms. The zero-order chi connectivity index (χ0) is 34.6. The standard InChI is InChI=1S/C10H18O2.C9H17NO2.C8H15NO2.C8H14O2.CH4/c1-8(2)9(11)10(12)6-4-3-5-7-10;1-7(2)8(11)9(12)3-5-10-6-4-9;1-6(2)7(10)8(11)3-4-9-5-8;1-6(2)7(9)8(10)4-3-5-8;/h8,12H,3-7H2,1-2H3;7,10,12H,3-6H2,1-2H3;6,9,11H,3-5H2,1-2H3;6,10H,3-5H2,1-2H3;1H4. The monoisotopic (exact) mass is 656 g/mol. The van der Waals surface area contributed by atoms with E-state index in [4.69, 9.17) is 0 Å². The van der Waals surface area contributed by atoms with Crippen LogP contribution in [0.2, 0.25) is 0 Å². The maximum atomic E-state index is 11.6. The Morgan fingerprint density at radius 1 is 0.435 bits per heavy atom. The Kier molecular flexibility index (Phi) is 18.8. The molecule has 46 heavy (non-hydrogen) atoms. The number of carbonyl (C=O) groups excluding carboxylic acids is 4. The number of aliphatic hydroxyl groups is 4. The van der Waals surface area contributed by atoms with E-state index >= 15 is 0 Å². The van der Waals surface area contributed by atoms with Crippen LogP contribution in [-0.4, -0.2) is 92.1 Å². The summed E-state index contributed by atoms with van der Waals surface area (Å²) >= 11 is 0. The number of hydrogen-bond donors (Lipinski definition) is 6. The first-order chi connectivity index (χ1) is 20.7. The molecule has 0 bridgehead atoms. The van der Waals surface area contributed by atoms with Gasteiger partial charge in [0.1, 0.15) is 22.4 Å². The van der Waals surface area contributed by atoms with E-state index in [2.05, 4.69) is 10.6 Å². The van der Waals surface area contributed by atoms with Gasteiger partial charge in [0.25, 0.3) is 0 Å². The molecule has 4 rings (SSSR count). The molecule has 2 aliphatic heterocycles. The van der Waals surface area contributed by atoms with Gasteiger partial charge in [0, 0.05) is 30.2 Å². The second-order valence-corrected chi connectivity index (χ2v) is 14.8. The number of carbonyl (C=O) groups is 4. The lowest BCUT2D eigenvalue weighted by Crippen LogP contribution is -2.49. The van der Waals surface area contributed by atoms with E-state index < -0.39 is 22.4 Å². The first-order valence-corrected chi connectivity index (χ1v) is 17.2. The Morgan fingerprint density at radius 2 is 0.717 bits per heavy atom. The van der Waals surface area contributed by atoms with Gasteiger partial charge < -0.3 is 31.1 Å². The minimum Gasteiger partial charge on any atom is -0.382 e. The van der Waals surface area contributed by atoms with Crippen LogP contribution in [0.25, 0.3) is 0 Å². The predicted octanol–water partition coefficient (Wildman–Crippen LogP) is 3.93. The third kappa shape index (κ3) is 12.8. The van der Waals surface area contributed by atoms with Crippen molar-refractivity contribution in [3.05, 3.63) is 0 Å². The Bertz CT molecular complexity index is 913. The number of hydrogen-bond acceptors (Lipinski definition) is 10. The maximum absolute atomic E-state index is 11.6. The molecule has 4 aliphatic rings. The van der Waals surface area contributed by atoms with Crippen molar-refractivity contribution >= 4 is 23.1 Å². The summed E-state index contributed by atoms with van der Waals surface area (Å²) in [4.78, 5) is 45.7. The highest BCUT2D eigenvalue weighted by molar-refractivity contribution is 5.90. The first-order valence-electron chi connectivity index (χ1n) is 17.2. The highest BCUT2D eigenvalue weighted by atomic mass is 16.3. The van der Waals surface area contributed by atoms with Gasteiger partial charge in [-0.05, 0) is 71.0 Å². The van der Waals surface area contributed by atoms with Crippen LogP contribution >= 0.6 is 0 Å². The van der Waals surface area contributed by atoms with Crippen LogP contribution < -0.4 is 10.6 Å². The molecule has 6 N–H and O–H groups in total. The molecule has 0 aromatic carbocycles. The number of Topliss-reactive ketones (excluding diaryl/α,β-unsaturated/α-hetero) is 4. The van der Waals surface area contributed by atoms with Gasteiger partial charge in [-0.2, -0.15) is 0 Å². The van der Waals surface area contributed by atoms with Crippen LogP contribution in [0, 0.1) is 23.7 Å². The molecule has 0 aromatic rings. The summed E-state index contributed by atoms with van der Waals surface area (Å²) in [6, 6.07) is 0. The van der Waals surface area contributed by atoms with E-state index in [-0.39, 0.29) is 54.2 Å². The zero-order valence-corrected chi connectivity index (χ0v) is 29.3. The lowest BCUT2D eigenvalue weighted by Gasteiger charge is -2.36. The molecular formula is C36H68N2O8. The summed E-state index contributed by atoms with van der Waals surface area (Å²) < 4.78 is 0. The third-order valence-corrected chi connectivity index (χ3v) is 9.36. The van der Waals surface area contributed by atoms with Crippen LogP contribution in [0.1, 0.15) is 133 Å². The number of ketones is 4. The molecule has 4 fully saturated rings. The van der Waals surface area contributed by atoms with Gasteiger partial charge in [0.05, 0.1) is 0 Å². The smallest absolute Gasteiger partial charge is 0.168 e. The van der Waals surface area contributed by atoms with Crippen molar-refractivity contribution < 1.29 is 39.6 Å². The topological polar surface area (TPSA) is 173 Å². The van der Waals surface area contributed by atoms with Crippen LogP contribution in [0.4, 0.5) is 0 Å². The zero-order valence-electron chi connectivity index (χ0n) is 29.3. The Labute approximate surface area is 278 Å². The fourth-order valence-electron chi connectivity index (χ4n) is 6.27. The van der Waals surface area contributed by atoms with Crippen molar-refractivity contribution in [2.24, 2.45) is 23.7 Å². The quantitative estimate of drug-likeness (QED) is 0.225. The number of nitrogens with one attached hydrogen (secondary N) is 2. The number of β-amino-alcohol motifs (C(OH)–C–C–N with tert-alkyl or cyclic N) is 1. The summed E-state index contributed by atoms with van der Waals surface area (Å²) in [5, 5.41) is 45.2. The molecule has 2 saturated heterocycles. The highest BCUT2D eigenvalue weighted by Gasteiger charge is 2.43. The maximum Gasteiger partial charge on any atom is 0.168 e. The average molecular weight is 657 g/mol. The Morgan fingerprint density at radius 3 is 1.00 bits per heavy atom. The number of rotatable bonds is 8. The molecule has 1 atom stereocenters. The lowest BCUT2D eigenvalue weighted by atomic mass is 9.74. The van der Waals surface area contributed by atoms with Crippen molar-refractivity contribution in [1.82, 2.24) is 10.6 Å². The van der Waals surface area contributed by atoms with E-state index in [0.29, 0.717) is 51.5 Å². The molecule has 1 unspecified atom stereocenters. The van der Waals surface area contributed by atoms with Crippen LogP contribution in [-0.2, 0) is 19.2 Å². The van der Waals surface area contributed by atoms with Crippen LogP contribution in [0.15, 0.2) is 0 Å². The average Bonchev–Trinajstić information content (AvgIpc) is 3.43. The molecule has 2 saturated carbocycles. The van der Waals surface area contributed by atoms with Gasteiger partial charge in [-0.3, -0.25) is 19.2 Å². The lowest BCUT2D eigenvalue weighted by molar-refractivity contribution is -0.149. The fraction of sp³-hybridized carbons (Fsp3) is 0.889. The largest absolute Gasteiger partial charge is 0.382 e. The second kappa shape index (κ2) is 19.4. The molecule has 0 radical (unpaired) electrons. The fourth-order valence-corrected chi connectivity index (χ4v) is 6.27. The second-order valence-electron chi connectivity index (χ2n) is 14.8. The third-order valence-electron chi connectivity index (χ3n) is 9.36. The van der Waals surface area contributed by atoms with Crippen molar-refractivity contribution in [3.8, 4) is 0 Å². The van der Waals surface area contributed by atoms with Gasteiger partial charge in [0.15, 0.2) is 23.1 Å². The molecule has 10 nitrogen and oxygen atoms in total. The van der Waals surface area contributed by atoms with E-state index in [1.165, 1.54) is 0 Å². The van der Waals surface area contributed by atoms with Gasteiger partial charge >= 0.3 is 0 Å². The molecule has 0 spiro atoms. The number of piperidine rings is 1. The molecule has 0 aromatic heterocycles. The van der Waals surface area contributed by atoms with Gasteiger partial charge in [-0.15, -0.1) is 0 Å². The summed E-state index contributed by atoms with van der Waals surface area (Å²) in [6.45, 7) is 17.3. The van der Waals surface area contributed by atoms with Gasteiger partial charge in [-0.25, -0.2) is 0 Å². The van der Waals surface area contributed by atoms with Crippen molar-refractivity contribution in [1.29, 1.82) is 0 Å². The van der Waals surface area contributed by atoms with Crippen molar-refractivity contribution in [2.45, 2.75) is 156 Å². The minimum atomic E-state index is -1.08. The minimum absolute atomic E-state index is 0. The summed E-state index contributed by atoms with van der Waals surface area (Å²) in [6.07, 6.45) is 8.51. The van der Waals surface area contributed by atoms with Crippen molar-refractivity contribution in [3.63, 3.8) is 0 Å². The van der Waals surface area contributed by atoms with E-state index in [0.717, 1.165) is 45.3 Å². The highest BCUT2D eigenvalue weighted by Crippen LogP contribution is 2.34. The summed E-state index contributed by atoms with van der Waals surface area (Å²) in [5.41, 5.74) is -4.03. The Hall–Kier alpha value is -1.56. The molecule has 0 amide bonds. The van der Waals surface area contributed by atoms with E-state index in [9.17, 15) is 39.6 Å². The Balaban J connectivity index is 0.000000584. The molecule has 270 valence electrons. The van der Waals surface area contributed by atoms with Gasteiger partial charge in [-0.1, -0.05) is 82.1 Å². The van der Waals surface area contributed by atoms with E-state index in [1.807, 2.05) is 55.4 Å². The normalized spacial score (nSPS) is 24.2. The van der Waals surface area contributed by atoms with Gasteiger partial charge in [0.2, 0.25) is 0 Å². The molecule has 2 aliphatic carbocycles. The first kappa shape index (κ1) is 44.4. The SMILES string of the molecule is C.CC(C)C(=O)C1(O)CCC1.CC(C)C(=O)C1(O)CCCCC1.CC(C)C(=O)C1(O)CCNC1.CC(C)C(=O)C1(O)CCNCC1. The summed E-state index contributed by atoms with van der Waals surface area (Å²) in [7, 11) is 0. The molecular weight excluding hydrogens is 588 g/mol. The predicted molar refractivity (Wildman–Crippen MR) is 182 cm³/mol. The van der Waals surface area contributed by atoms with Crippen LogP contribution in [0.5, 0.6) is 0 Å². The van der Waals surface area contributed by atoms with Crippen molar-refractivity contribution in [2.75, 3.05) is 26.2 Å². The summed E-state index contributed by atoms with van der Waals surface area (Å²) in [5.74, 6) is -0.196. The van der Waals surface area contributed by atoms with E-state index in [1.54, 1.807) is 0 Å². The van der Waals surface area contributed by atoms with Crippen LogP contribution in [0.3, 0.4) is 0 Å². The molecule has 2 heterocycles.